The van der Waals surface area contributed by atoms with Crippen LogP contribution in [0.4, 0.5) is 5.69 Å². The van der Waals surface area contributed by atoms with Gasteiger partial charge in [-0.3, -0.25) is 9.20 Å². The van der Waals surface area contributed by atoms with E-state index in [2.05, 4.69) is 10.3 Å². The molecule has 2 aromatic carbocycles. The summed E-state index contributed by atoms with van der Waals surface area (Å²) in [5.74, 6) is -0.318. The number of nitrogens with zero attached hydrogens (tertiary/aromatic N) is 3. The van der Waals surface area contributed by atoms with Gasteiger partial charge in [-0.05, 0) is 36.4 Å². The first-order valence-electron chi connectivity index (χ1n) is 8.71. The number of anilines is 1. The van der Waals surface area contributed by atoms with E-state index in [9.17, 15) is 13.2 Å². The quantitative estimate of drug-likeness (QED) is 0.529. The van der Waals surface area contributed by atoms with Gasteiger partial charge in [-0.1, -0.05) is 12.1 Å². The molecule has 4 rings (SSSR count). The predicted octanol–water partition coefficient (Wildman–Crippen LogP) is 3.57. The van der Waals surface area contributed by atoms with Crippen LogP contribution < -0.4 is 5.32 Å². The molecular weight excluding hydrogens is 408 g/mol. The van der Waals surface area contributed by atoms with Gasteiger partial charge in [-0.25, -0.2) is 17.7 Å². The minimum Gasteiger partial charge on any atom is -0.322 e. The Labute approximate surface area is 172 Å². The Morgan fingerprint density at radius 2 is 1.90 bits per heavy atom. The fraction of sp³-hybridized carbons (Fsp3) is 0.100. The third kappa shape index (κ3) is 3.80. The number of aromatic nitrogens is 2. The number of sulfonamides is 1. The van der Waals surface area contributed by atoms with Gasteiger partial charge in [0, 0.05) is 48.7 Å². The summed E-state index contributed by atoms with van der Waals surface area (Å²) >= 11 is 1.56. The fourth-order valence-electron chi connectivity index (χ4n) is 2.82. The minimum atomic E-state index is -3.53. The van der Waals surface area contributed by atoms with E-state index in [1.165, 1.54) is 38.4 Å². The molecule has 0 aliphatic carbocycles. The van der Waals surface area contributed by atoms with Crippen LogP contribution in [-0.4, -0.2) is 42.1 Å². The number of nitrogens with one attached hydrogen (secondary N) is 1. The number of imidazole rings is 1. The highest BCUT2D eigenvalue weighted by atomic mass is 32.2. The van der Waals surface area contributed by atoms with E-state index >= 15 is 0 Å². The van der Waals surface area contributed by atoms with Crippen molar-refractivity contribution in [1.82, 2.24) is 13.7 Å². The number of carbonyl (C=O) groups is 1. The molecule has 0 spiro atoms. The van der Waals surface area contributed by atoms with Gasteiger partial charge in [0.15, 0.2) is 4.96 Å². The van der Waals surface area contributed by atoms with E-state index in [1.807, 2.05) is 40.4 Å². The Bertz CT molecular complexity index is 1260. The van der Waals surface area contributed by atoms with Crippen LogP contribution in [0.1, 0.15) is 10.4 Å². The van der Waals surface area contributed by atoms with Gasteiger partial charge in [0.25, 0.3) is 5.91 Å². The molecule has 1 N–H and O–H groups in total. The maximum Gasteiger partial charge on any atom is 0.255 e. The highest BCUT2D eigenvalue weighted by Crippen LogP contribution is 2.24. The zero-order valence-electron chi connectivity index (χ0n) is 15.7. The molecule has 0 fully saturated rings. The van der Waals surface area contributed by atoms with Gasteiger partial charge in [0.05, 0.1) is 10.6 Å². The molecule has 0 aliphatic heterocycles. The molecule has 1 amide bonds. The average molecular weight is 427 g/mol. The maximum absolute atomic E-state index is 12.6. The summed E-state index contributed by atoms with van der Waals surface area (Å²) in [4.78, 5) is 18.2. The van der Waals surface area contributed by atoms with E-state index in [1.54, 1.807) is 17.4 Å². The monoisotopic (exact) mass is 426 g/mol. The SMILES string of the molecule is CN(C)S(=O)(=O)c1ccc(C(=O)Nc2cccc(-c3cn4ccsc4n3)c2)cc1. The molecule has 0 saturated heterocycles. The van der Waals surface area contributed by atoms with Gasteiger partial charge in [0.2, 0.25) is 10.0 Å². The summed E-state index contributed by atoms with van der Waals surface area (Å²) in [6.07, 6.45) is 3.89. The lowest BCUT2D eigenvalue weighted by Gasteiger charge is -2.12. The van der Waals surface area contributed by atoms with Crippen LogP contribution in [0.2, 0.25) is 0 Å². The Kier molecular flexibility index (Phi) is 4.95. The molecule has 2 aromatic heterocycles. The van der Waals surface area contributed by atoms with Crippen LogP contribution in [-0.2, 0) is 10.0 Å². The second-order valence-corrected chi connectivity index (χ2v) is 9.59. The Morgan fingerprint density at radius 3 is 2.59 bits per heavy atom. The minimum absolute atomic E-state index is 0.140. The van der Waals surface area contributed by atoms with Crippen molar-refractivity contribution in [1.29, 1.82) is 0 Å². The topological polar surface area (TPSA) is 83.8 Å². The lowest BCUT2D eigenvalue weighted by atomic mass is 10.1. The lowest BCUT2D eigenvalue weighted by molar-refractivity contribution is 0.102. The second-order valence-electron chi connectivity index (χ2n) is 6.57. The molecule has 0 saturated carbocycles. The highest BCUT2D eigenvalue weighted by Gasteiger charge is 2.17. The summed E-state index contributed by atoms with van der Waals surface area (Å²) < 4.78 is 27.4. The van der Waals surface area contributed by atoms with Crippen molar-refractivity contribution in [2.45, 2.75) is 4.90 Å². The van der Waals surface area contributed by atoms with Crippen LogP contribution in [0.5, 0.6) is 0 Å². The van der Waals surface area contributed by atoms with Crippen molar-refractivity contribution in [3.8, 4) is 11.3 Å². The predicted molar refractivity (Wildman–Crippen MR) is 114 cm³/mol. The Balaban J connectivity index is 1.53. The molecule has 0 unspecified atom stereocenters. The van der Waals surface area contributed by atoms with E-state index in [-0.39, 0.29) is 10.8 Å². The molecule has 7 nitrogen and oxygen atoms in total. The summed E-state index contributed by atoms with van der Waals surface area (Å²) in [5, 5.41) is 4.82. The summed E-state index contributed by atoms with van der Waals surface area (Å²) in [7, 11) is -0.597. The number of hydrogen-bond donors (Lipinski definition) is 1. The first kappa shape index (κ1) is 19.3. The van der Waals surface area contributed by atoms with E-state index in [4.69, 9.17) is 0 Å². The molecule has 0 atom stereocenters. The number of hydrogen-bond acceptors (Lipinski definition) is 5. The smallest absolute Gasteiger partial charge is 0.255 e. The molecule has 0 bridgehead atoms. The van der Waals surface area contributed by atoms with Crippen LogP contribution in [0.25, 0.3) is 16.2 Å². The van der Waals surface area contributed by atoms with Crippen molar-refractivity contribution in [3.05, 3.63) is 71.9 Å². The highest BCUT2D eigenvalue weighted by molar-refractivity contribution is 7.89. The average Bonchev–Trinajstić information content (AvgIpc) is 3.30. The third-order valence-electron chi connectivity index (χ3n) is 4.40. The van der Waals surface area contributed by atoms with Gasteiger partial charge in [0.1, 0.15) is 0 Å². The molecule has 29 heavy (non-hydrogen) atoms. The maximum atomic E-state index is 12.6. The number of thiazole rings is 1. The van der Waals surface area contributed by atoms with E-state index in [0.717, 1.165) is 20.5 Å². The molecular formula is C20H18N4O3S2. The van der Waals surface area contributed by atoms with E-state index in [0.29, 0.717) is 11.3 Å². The van der Waals surface area contributed by atoms with Gasteiger partial charge in [-0.15, -0.1) is 11.3 Å². The number of amides is 1. The lowest BCUT2D eigenvalue weighted by Crippen LogP contribution is -2.22. The molecule has 2 heterocycles. The standard InChI is InChI=1S/C20H18N4O3S2/c1-23(2)29(26,27)17-8-6-14(7-9-17)19(25)21-16-5-3-4-15(12-16)18-13-24-10-11-28-20(24)22-18/h3-13H,1-2H3,(H,21,25). The molecule has 0 radical (unpaired) electrons. The summed E-state index contributed by atoms with van der Waals surface area (Å²) in [6.45, 7) is 0. The number of fused-ring (bicyclic) bond motifs is 1. The first-order chi connectivity index (χ1) is 13.8. The van der Waals surface area contributed by atoms with E-state index < -0.39 is 10.0 Å². The second kappa shape index (κ2) is 7.43. The van der Waals surface area contributed by atoms with Crippen molar-refractivity contribution < 1.29 is 13.2 Å². The van der Waals surface area contributed by atoms with Crippen molar-refractivity contribution in [2.75, 3.05) is 19.4 Å². The Hall–Kier alpha value is -3.01. The van der Waals surface area contributed by atoms with Crippen LogP contribution >= 0.6 is 11.3 Å². The Morgan fingerprint density at radius 1 is 1.14 bits per heavy atom. The molecule has 0 aliphatic rings. The summed E-state index contributed by atoms with van der Waals surface area (Å²) in [6, 6.07) is 13.3. The van der Waals surface area contributed by atoms with Crippen molar-refractivity contribution in [3.63, 3.8) is 0 Å². The normalized spacial score (nSPS) is 11.8. The molecule has 9 heteroatoms. The van der Waals surface area contributed by atoms with Gasteiger partial charge in [-0.2, -0.15) is 0 Å². The fourth-order valence-corrected chi connectivity index (χ4v) is 4.42. The number of rotatable bonds is 5. The van der Waals surface area contributed by atoms with Crippen LogP contribution in [0.15, 0.2) is 71.2 Å². The number of carbonyl (C=O) groups excluding carboxylic acids is 1. The zero-order chi connectivity index (χ0) is 20.6. The zero-order valence-corrected chi connectivity index (χ0v) is 17.4. The van der Waals surface area contributed by atoms with Crippen LogP contribution in [0.3, 0.4) is 0 Å². The van der Waals surface area contributed by atoms with Crippen molar-refractivity contribution in [2.24, 2.45) is 0 Å². The van der Waals surface area contributed by atoms with Gasteiger partial charge < -0.3 is 5.32 Å². The summed E-state index contributed by atoms with van der Waals surface area (Å²) in [5.41, 5.74) is 2.72. The van der Waals surface area contributed by atoms with Crippen LogP contribution in [0, 0.1) is 0 Å². The van der Waals surface area contributed by atoms with Crippen molar-refractivity contribution >= 4 is 37.9 Å². The number of benzene rings is 2. The first-order valence-corrected chi connectivity index (χ1v) is 11.0. The molecule has 148 valence electrons. The third-order valence-corrected chi connectivity index (χ3v) is 7.00. The van der Waals surface area contributed by atoms with Gasteiger partial charge >= 0.3 is 0 Å². The largest absolute Gasteiger partial charge is 0.322 e. The molecule has 4 aromatic rings.